The number of aromatic nitrogens is 1. The van der Waals surface area contributed by atoms with Crippen LogP contribution in [-0.4, -0.2) is 19.2 Å². The molecule has 0 atom stereocenters. The van der Waals surface area contributed by atoms with Crippen molar-refractivity contribution >= 4 is 33.2 Å². The number of halogens is 1. The number of ether oxygens (including phenoxy) is 2. The van der Waals surface area contributed by atoms with E-state index in [4.69, 9.17) is 26.1 Å². The maximum absolute atomic E-state index is 6.46. The molecule has 0 amide bonds. The van der Waals surface area contributed by atoms with Gasteiger partial charge in [-0.25, -0.2) is 4.98 Å². The van der Waals surface area contributed by atoms with Crippen molar-refractivity contribution in [3.05, 3.63) is 64.0 Å². The van der Waals surface area contributed by atoms with E-state index in [0.717, 1.165) is 28.9 Å². The highest BCUT2D eigenvalue weighted by Gasteiger charge is 2.22. The molecule has 2 aromatic carbocycles. The van der Waals surface area contributed by atoms with Gasteiger partial charge in [-0.05, 0) is 54.5 Å². The summed E-state index contributed by atoms with van der Waals surface area (Å²) in [6.45, 7) is 0. The number of fused-ring (bicyclic) bond motifs is 3. The highest BCUT2D eigenvalue weighted by Crippen LogP contribution is 2.44. The van der Waals surface area contributed by atoms with Gasteiger partial charge >= 0.3 is 0 Å². The number of methoxy groups -OCH3 is 2. The van der Waals surface area contributed by atoms with Crippen LogP contribution in [0.3, 0.4) is 0 Å². The lowest BCUT2D eigenvalue weighted by atomic mass is 9.92. The molecule has 0 aliphatic heterocycles. The Balaban J connectivity index is 1.80. The molecule has 4 aromatic rings. The molecule has 0 unspecified atom stereocenters. The van der Waals surface area contributed by atoms with Crippen molar-refractivity contribution in [3.8, 4) is 33.9 Å². The Kier molecular flexibility index (Phi) is 5.13. The van der Waals surface area contributed by atoms with Crippen molar-refractivity contribution in [1.29, 1.82) is 0 Å². The molecule has 0 saturated heterocycles. The number of thiophene rings is 1. The van der Waals surface area contributed by atoms with Crippen LogP contribution in [0.25, 0.3) is 32.6 Å². The van der Waals surface area contributed by atoms with E-state index in [1.165, 1.54) is 39.8 Å². The standard InChI is InChI=1S/C25H22ClNO2S/c1-28-21-14-22(29-2)19(26)12-18(21)20-13-17(15-8-4-3-5-9-15)24-16-10-6-7-11-23(16)30-25(24)27-20/h3-5,8-9,12-14H,6-7,10-11H2,1-2H3. The number of nitrogens with zero attached hydrogens (tertiary/aromatic N) is 1. The fraction of sp³-hybridized carbons (Fsp3) is 0.240. The van der Waals surface area contributed by atoms with Crippen LogP contribution in [-0.2, 0) is 12.8 Å². The number of pyridine rings is 1. The summed E-state index contributed by atoms with van der Waals surface area (Å²) in [6, 6.07) is 16.5. The Morgan fingerprint density at radius 1 is 0.900 bits per heavy atom. The Bertz CT molecular complexity index is 1230. The molecule has 5 rings (SSSR count). The second-order valence-electron chi connectivity index (χ2n) is 7.50. The van der Waals surface area contributed by atoms with Gasteiger partial charge in [0.25, 0.3) is 0 Å². The molecule has 5 heteroatoms. The Morgan fingerprint density at radius 2 is 1.67 bits per heavy atom. The smallest absolute Gasteiger partial charge is 0.141 e. The molecule has 2 aromatic heterocycles. The summed E-state index contributed by atoms with van der Waals surface area (Å²) >= 11 is 8.29. The molecule has 0 N–H and O–H groups in total. The zero-order valence-electron chi connectivity index (χ0n) is 17.0. The molecule has 2 heterocycles. The predicted molar refractivity (Wildman–Crippen MR) is 125 cm³/mol. The number of hydrogen-bond donors (Lipinski definition) is 0. The van der Waals surface area contributed by atoms with E-state index in [9.17, 15) is 0 Å². The molecule has 0 fully saturated rings. The third-order valence-corrected chi connectivity index (χ3v) is 7.24. The lowest BCUT2D eigenvalue weighted by molar-refractivity contribution is 0.395. The number of benzene rings is 2. The first-order chi connectivity index (χ1) is 14.7. The molecule has 3 nitrogen and oxygen atoms in total. The molecule has 0 bridgehead atoms. The summed E-state index contributed by atoms with van der Waals surface area (Å²) in [5, 5.41) is 1.85. The summed E-state index contributed by atoms with van der Waals surface area (Å²) < 4.78 is 11.0. The van der Waals surface area contributed by atoms with E-state index in [0.29, 0.717) is 16.5 Å². The van der Waals surface area contributed by atoms with Crippen molar-refractivity contribution < 1.29 is 9.47 Å². The van der Waals surface area contributed by atoms with Gasteiger partial charge in [-0.1, -0.05) is 41.9 Å². The normalized spacial score (nSPS) is 13.3. The Labute approximate surface area is 185 Å². The number of hydrogen-bond acceptors (Lipinski definition) is 4. The maximum atomic E-state index is 6.46. The van der Waals surface area contributed by atoms with Gasteiger partial charge < -0.3 is 9.47 Å². The minimum Gasteiger partial charge on any atom is -0.496 e. The van der Waals surface area contributed by atoms with Gasteiger partial charge in [0.05, 0.1) is 24.9 Å². The largest absolute Gasteiger partial charge is 0.496 e. The first kappa shape index (κ1) is 19.4. The molecule has 0 spiro atoms. The van der Waals surface area contributed by atoms with Crippen LogP contribution in [0.1, 0.15) is 23.3 Å². The SMILES string of the molecule is COc1cc(OC)c(-c2cc(-c3ccccc3)c3c4c(sc3n2)CCCC4)cc1Cl. The Morgan fingerprint density at radius 3 is 2.43 bits per heavy atom. The molecular weight excluding hydrogens is 414 g/mol. The van der Waals surface area contributed by atoms with Gasteiger partial charge in [0.15, 0.2) is 0 Å². The Hall–Kier alpha value is -2.56. The summed E-state index contributed by atoms with van der Waals surface area (Å²) in [5.41, 5.74) is 5.65. The summed E-state index contributed by atoms with van der Waals surface area (Å²) in [4.78, 5) is 7.66. The first-order valence-corrected chi connectivity index (χ1v) is 11.3. The first-order valence-electron chi connectivity index (χ1n) is 10.1. The van der Waals surface area contributed by atoms with Crippen LogP contribution in [0.4, 0.5) is 0 Å². The fourth-order valence-corrected chi connectivity index (χ4v) is 5.83. The quantitative estimate of drug-likeness (QED) is 0.340. The summed E-state index contributed by atoms with van der Waals surface area (Å²) in [6.07, 6.45) is 4.79. The van der Waals surface area contributed by atoms with E-state index in [2.05, 4.69) is 36.4 Å². The van der Waals surface area contributed by atoms with E-state index in [1.807, 2.05) is 23.5 Å². The average Bonchev–Trinajstić information content (AvgIpc) is 3.17. The lowest BCUT2D eigenvalue weighted by Crippen LogP contribution is -1.99. The summed E-state index contributed by atoms with van der Waals surface area (Å²) in [7, 11) is 3.26. The van der Waals surface area contributed by atoms with Gasteiger partial charge in [-0.3, -0.25) is 0 Å². The van der Waals surface area contributed by atoms with Crippen LogP contribution in [0, 0.1) is 0 Å². The highest BCUT2D eigenvalue weighted by molar-refractivity contribution is 7.19. The van der Waals surface area contributed by atoms with Crippen LogP contribution in [0.5, 0.6) is 11.5 Å². The van der Waals surface area contributed by atoms with Gasteiger partial charge in [-0.2, -0.15) is 0 Å². The molecular formula is C25H22ClNO2S. The average molecular weight is 436 g/mol. The second kappa shape index (κ2) is 7.93. The fourth-order valence-electron chi connectivity index (χ4n) is 4.30. The second-order valence-corrected chi connectivity index (χ2v) is 8.99. The van der Waals surface area contributed by atoms with Gasteiger partial charge in [0, 0.05) is 21.9 Å². The topological polar surface area (TPSA) is 31.4 Å². The van der Waals surface area contributed by atoms with E-state index in [1.54, 1.807) is 14.2 Å². The zero-order valence-corrected chi connectivity index (χ0v) is 18.6. The van der Waals surface area contributed by atoms with Crippen molar-refractivity contribution in [2.75, 3.05) is 14.2 Å². The molecule has 0 saturated carbocycles. The van der Waals surface area contributed by atoms with Crippen molar-refractivity contribution in [2.24, 2.45) is 0 Å². The van der Waals surface area contributed by atoms with Gasteiger partial charge in [-0.15, -0.1) is 11.3 Å². The number of rotatable bonds is 4. The van der Waals surface area contributed by atoms with Crippen LogP contribution >= 0.6 is 22.9 Å². The van der Waals surface area contributed by atoms with E-state index >= 15 is 0 Å². The number of aryl methyl sites for hydroxylation is 2. The molecule has 1 aliphatic carbocycles. The third-order valence-electron chi connectivity index (χ3n) is 5.76. The lowest BCUT2D eigenvalue weighted by Gasteiger charge is -2.15. The van der Waals surface area contributed by atoms with E-state index < -0.39 is 0 Å². The minimum atomic E-state index is 0.543. The van der Waals surface area contributed by atoms with E-state index in [-0.39, 0.29) is 0 Å². The molecule has 152 valence electrons. The van der Waals surface area contributed by atoms with Crippen LogP contribution in [0.2, 0.25) is 5.02 Å². The molecule has 1 aliphatic rings. The molecule has 0 radical (unpaired) electrons. The zero-order chi connectivity index (χ0) is 20.7. The third kappa shape index (κ3) is 3.24. The highest BCUT2D eigenvalue weighted by atomic mass is 35.5. The monoisotopic (exact) mass is 435 g/mol. The minimum absolute atomic E-state index is 0.543. The molecule has 30 heavy (non-hydrogen) atoms. The van der Waals surface area contributed by atoms with Gasteiger partial charge in [0.1, 0.15) is 16.3 Å². The van der Waals surface area contributed by atoms with Crippen LogP contribution < -0.4 is 9.47 Å². The maximum Gasteiger partial charge on any atom is 0.141 e. The van der Waals surface area contributed by atoms with Crippen molar-refractivity contribution in [3.63, 3.8) is 0 Å². The van der Waals surface area contributed by atoms with Gasteiger partial charge in [0.2, 0.25) is 0 Å². The van der Waals surface area contributed by atoms with Crippen molar-refractivity contribution in [2.45, 2.75) is 25.7 Å². The van der Waals surface area contributed by atoms with Crippen LogP contribution in [0.15, 0.2) is 48.5 Å². The van der Waals surface area contributed by atoms with Crippen molar-refractivity contribution in [1.82, 2.24) is 4.98 Å². The predicted octanol–water partition coefficient (Wildman–Crippen LogP) is 7.18. The summed E-state index contributed by atoms with van der Waals surface area (Å²) in [5.74, 6) is 1.29.